The van der Waals surface area contributed by atoms with Crippen molar-refractivity contribution in [3.63, 3.8) is 0 Å². The Morgan fingerprint density at radius 2 is 1.93 bits per heavy atom. The Morgan fingerprint density at radius 1 is 1.14 bits per heavy atom. The highest BCUT2D eigenvalue weighted by Gasteiger charge is 2.17. The van der Waals surface area contributed by atoms with Crippen molar-refractivity contribution in [2.24, 2.45) is 0 Å². The van der Waals surface area contributed by atoms with Gasteiger partial charge in [0.1, 0.15) is 11.4 Å². The van der Waals surface area contributed by atoms with E-state index in [0.717, 1.165) is 46.9 Å². The Kier molecular flexibility index (Phi) is 5.05. The van der Waals surface area contributed by atoms with Gasteiger partial charge in [0.25, 0.3) is 0 Å². The van der Waals surface area contributed by atoms with Crippen molar-refractivity contribution < 1.29 is 9.53 Å². The number of fused-ring (bicyclic) bond motifs is 1. The van der Waals surface area contributed by atoms with Gasteiger partial charge in [-0.2, -0.15) is 0 Å². The molecule has 0 saturated carbocycles. The predicted molar refractivity (Wildman–Crippen MR) is 113 cm³/mol. The molecule has 0 aromatic carbocycles. The second kappa shape index (κ2) is 7.66. The molecule has 1 aliphatic rings. The summed E-state index contributed by atoms with van der Waals surface area (Å²) in [4.78, 5) is 28.1. The van der Waals surface area contributed by atoms with Crippen molar-refractivity contribution in [2.45, 2.75) is 39.3 Å². The summed E-state index contributed by atoms with van der Waals surface area (Å²) in [6.45, 7) is 7.88. The van der Waals surface area contributed by atoms with Crippen LogP contribution in [0.1, 0.15) is 32.9 Å². The maximum atomic E-state index is 11.9. The maximum absolute atomic E-state index is 11.9. The zero-order valence-electron chi connectivity index (χ0n) is 17.0. The normalized spacial score (nSPS) is 13.8. The predicted octanol–water partition coefficient (Wildman–Crippen LogP) is 3.93. The summed E-state index contributed by atoms with van der Waals surface area (Å²) in [5.74, 6) is 0.993. The summed E-state index contributed by atoms with van der Waals surface area (Å²) in [6.07, 6.45) is 2.52. The third-order valence-corrected chi connectivity index (χ3v) is 4.62. The molecule has 0 radical (unpaired) electrons. The standard InChI is InChI=1S/C22H25N5O2/c1-22(2,3)29-21(28)24-14-16-12-19-15(13-23-16)8-9-18(25-19)17-6-4-7-20(26-17)27-10-5-11-27/h4,6-9,12-13H,5,10-11,14H2,1-3H3,(H,24,28). The average molecular weight is 391 g/mol. The molecule has 3 aromatic heterocycles. The molecule has 0 atom stereocenters. The molecule has 1 amide bonds. The molecular formula is C22H25N5O2. The molecule has 150 valence electrons. The lowest BCUT2D eigenvalue weighted by Crippen LogP contribution is -2.37. The Morgan fingerprint density at radius 3 is 2.66 bits per heavy atom. The van der Waals surface area contributed by atoms with Crippen LogP contribution in [-0.2, 0) is 11.3 Å². The van der Waals surface area contributed by atoms with Gasteiger partial charge >= 0.3 is 6.09 Å². The maximum Gasteiger partial charge on any atom is 0.407 e. The van der Waals surface area contributed by atoms with Gasteiger partial charge in [-0.05, 0) is 57.5 Å². The summed E-state index contributed by atoms with van der Waals surface area (Å²) >= 11 is 0. The summed E-state index contributed by atoms with van der Waals surface area (Å²) < 4.78 is 5.26. The number of ether oxygens (including phenoxy) is 1. The van der Waals surface area contributed by atoms with E-state index in [-0.39, 0.29) is 6.54 Å². The number of carbonyl (C=O) groups excluding carboxylic acids is 1. The fourth-order valence-electron chi connectivity index (χ4n) is 3.06. The van der Waals surface area contributed by atoms with E-state index in [4.69, 9.17) is 14.7 Å². The van der Waals surface area contributed by atoms with E-state index < -0.39 is 11.7 Å². The van der Waals surface area contributed by atoms with Gasteiger partial charge in [0.2, 0.25) is 0 Å². The average Bonchev–Trinajstić information content (AvgIpc) is 2.63. The van der Waals surface area contributed by atoms with Crippen LogP contribution >= 0.6 is 0 Å². The summed E-state index contributed by atoms with van der Waals surface area (Å²) in [7, 11) is 0. The molecule has 29 heavy (non-hydrogen) atoms. The van der Waals surface area contributed by atoms with Crippen LogP contribution in [0.25, 0.3) is 22.3 Å². The third-order valence-electron chi connectivity index (χ3n) is 4.62. The van der Waals surface area contributed by atoms with Crippen molar-refractivity contribution in [1.29, 1.82) is 0 Å². The quantitative estimate of drug-likeness (QED) is 0.726. The first-order valence-electron chi connectivity index (χ1n) is 9.82. The molecule has 4 heterocycles. The fraction of sp³-hybridized carbons (Fsp3) is 0.364. The lowest BCUT2D eigenvalue weighted by Gasteiger charge is -2.32. The minimum absolute atomic E-state index is 0.277. The highest BCUT2D eigenvalue weighted by molar-refractivity contribution is 5.80. The summed E-state index contributed by atoms with van der Waals surface area (Å²) in [5, 5.41) is 3.67. The zero-order chi connectivity index (χ0) is 20.4. The molecule has 0 bridgehead atoms. The first-order valence-corrected chi connectivity index (χ1v) is 9.82. The number of hydrogen-bond acceptors (Lipinski definition) is 6. The van der Waals surface area contributed by atoms with Gasteiger partial charge in [-0.15, -0.1) is 0 Å². The fourth-order valence-corrected chi connectivity index (χ4v) is 3.06. The first kappa shape index (κ1) is 19.1. The number of alkyl carbamates (subject to hydrolysis) is 1. The minimum atomic E-state index is -0.533. The number of nitrogens with zero attached hydrogens (tertiary/aromatic N) is 4. The molecule has 1 fully saturated rings. The molecule has 0 spiro atoms. The number of aromatic nitrogens is 3. The van der Waals surface area contributed by atoms with Crippen molar-refractivity contribution in [3.05, 3.63) is 48.3 Å². The van der Waals surface area contributed by atoms with Crippen LogP contribution < -0.4 is 10.2 Å². The van der Waals surface area contributed by atoms with Crippen LogP contribution in [0.5, 0.6) is 0 Å². The third kappa shape index (κ3) is 4.62. The Bertz CT molecular complexity index is 1040. The second-order valence-electron chi connectivity index (χ2n) is 8.14. The van der Waals surface area contributed by atoms with Crippen molar-refractivity contribution >= 4 is 22.8 Å². The molecule has 7 nitrogen and oxygen atoms in total. The molecule has 1 saturated heterocycles. The van der Waals surface area contributed by atoms with Gasteiger partial charge in [-0.1, -0.05) is 6.07 Å². The smallest absolute Gasteiger partial charge is 0.407 e. The molecule has 1 aliphatic heterocycles. The van der Waals surface area contributed by atoms with Crippen LogP contribution in [0.15, 0.2) is 42.6 Å². The van der Waals surface area contributed by atoms with Crippen molar-refractivity contribution in [1.82, 2.24) is 20.3 Å². The van der Waals surface area contributed by atoms with Gasteiger partial charge in [0.05, 0.1) is 29.1 Å². The molecule has 7 heteroatoms. The summed E-state index contributed by atoms with van der Waals surface area (Å²) in [6, 6.07) is 11.9. The Hall–Kier alpha value is -3.22. The molecule has 1 N–H and O–H groups in total. The Balaban J connectivity index is 1.53. The van der Waals surface area contributed by atoms with Gasteiger partial charge in [0.15, 0.2) is 0 Å². The van der Waals surface area contributed by atoms with Gasteiger partial charge in [-0.25, -0.2) is 14.8 Å². The number of carbonyl (C=O) groups is 1. The monoisotopic (exact) mass is 391 g/mol. The van der Waals surface area contributed by atoms with Gasteiger partial charge in [-0.3, -0.25) is 4.98 Å². The van der Waals surface area contributed by atoms with Crippen LogP contribution in [-0.4, -0.2) is 39.7 Å². The molecule has 0 unspecified atom stereocenters. The van der Waals surface area contributed by atoms with Crippen LogP contribution in [0.2, 0.25) is 0 Å². The lowest BCUT2D eigenvalue weighted by atomic mass is 10.1. The number of nitrogens with one attached hydrogen (secondary N) is 1. The van der Waals surface area contributed by atoms with E-state index in [1.54, 1.807) is 6.20 Å². The second-order valence-corrected chi connectivity index (χ2v) is 8.14. The van der Waals surface area contributed by atoms with E-state index in [2.05, 4.69) is 15.2 Å². The minimum Gasteiger partial charge on any atom is -0.444 e. The highest BCUT2D eigenvalue weighted by atomic mass is 16.6. The van der Waals surface area contributed by atoms with Crippen molar-refractivity contribution in [3.8, 4) is 11.4 Å². The molecule has 0 aliphatic carbocycles. The number of anilines is 1. The van der Waals surface area contributed by atoms with Crippen LogP contribution in [0, 0.1) is 0 Å². The number of pyridine rings is 3. The zero-order valence-corrected chi connectivity index (χ0v) is 17.0. The van der Waals surface area contributed by atoms with Crippen LogP contribution in [0.3, 0.4) is 0 Å². The molecular weight excluding hydrogens is 366 g/mol. The number of rotatable bonds is 4. The van der Waals surface area contributed by atoms with E-state index >= 15 is 0 Å². The highest BCUT2D eigenvalue weighted by Crippen LogP contribution is 2.24. The summed E-state index contributed by atoms with van der Waals surface area (Å²) in [5.41, 5.74) is 2.66. The van der Waals surface area contributed by atoms with E-state index in [1.165, 1.54) is 6.42 Å². The van der Waals surface area contributed by atoms with Gasteiger partial charge in [0, 0.05) is 24.7 Å². The number of hydrogen-bond donors (Lipinski definition) is 1. The first-order chi connectivity index (χ1) is 13.9. The van der Waals surface area contributed by atoms with Crippen molar-refractivity contribution in [2.75, 3.05) is 18.0 Å². The van der Waals surface area contributed by atoms with Gasteiger partial charge < -0.3 is 15.0 Å². The lowest BCUT2D eigenvalue weighted by molar-refractivity contribution is 0.0523. The van der Waals surface area contributed by atoms with E-state index in [0.29, 0.717) is 0 Å². The van der Waals surface area contributed by atoms with E-state index in [1.807, 2.05) is 57.2 Å². The SMILES string of the molecule is CC(C)(C)OC(=O)NCc1cc2nc(-c3cccc(N4CCC4)n3)ccc2cn1. The topological polar surface area (TPSA) is 80.2 Å². The number of amides is 1. The van der Waals surface area contributed by atoms with Crippen LogP contribution in [0.4, 0.5) is 10.6 Å². The Labute approximate surface area is 170 Å². The largest absolute Gasteiger partial charge is 0.444 e. The van der Waals surface area contributed by atoms with E-state index in [9.17, 15) is 4.79 Å². The molecule has 4 rings (SSSR count). The molecule has 3 aromatic rings.